The van der Waals surface area contributed by atoms with Gasteiger partial charge in [0, 0.05) is 12.6 Å². The van der Waals surface area contributed by atoms with Crippen LogP contribution in [-0.2, 0) is 7.05 Å². The van der Waals surface area contributed by atoms with Gasteiger partial charge in [0.15, 0.2) is 0 Å². The molecule has 3 aromatic rings. The molecular weight excluding hydrogens is 306 g/mol. The maximum absolute atomic E-state index is 12.8. The number of carbonyl (C=O) groups is 1. The molecule has 1 atom stereocenters. The fourth-order valence-electron chi connectivity index (χ4n) is 2.63. The van der Waals surface area contributed by atoms with E-state index in [2.05, 4.69) is 20.6 Å². The van der Waals surface area contributed by atoms with Gasteiger partial charge in [0.25, 0.3) is 5.91 Å². The number of nitrogens with zero attached hydrogens (tertiary/aromatic N) is 4. The van der Waals surface area contributed by atoms with E-state index in [1.165, 1.54) is 6.33 Å². The van der Waals surface area contributed by atoms with Gasteiger partial charge in [-0.1, -0.05) is 42.4 Å². The van der Waals surface area contributed by atoms with E-state index < -0.39 is 0 Å². The van der Waals surface area contributed by atoms with Crippen LogP contribution in [0.3, 0.4) is 0 Å². The SMILES string of the molecule is CC[C@@H](NC(=O)c1c(-c2ccccc2)noc1C)c1ncnn1C. The van der Waals surface area contributed by atoms with E-state index >= 15 is 0 Å². The van der Waals surface area contributed by atoms with E-state index in [4.69, 9.17) is 4.52 Å². The van der Waals surface area contributed by atoms with Crippen molar-refractivity contribution in [1.29, 1.82) is 0 Å². The zero-order chi connectivity index (χ0) is 17.1. The highest BCUT2D eigenvalue weighted by Crippen LogP contribution is 2.26. The molecule has 0 aliphatic carbocycles. The summed E-state index contributed by atoms with van der Waals surface area (Å²) in [5, 5.41) is 11.1. The van der Waals surface area contributed by atoms with Crippen molar-refractivity contribution in [3.05, 3.63) is 53.8 Å². The number of nitrogens with one attached hydrogen (secondary N) is 1. The molecule has 1 amide bonds. The molecule has 1 aromatic carbocycles. The summed E-state index contributed by atoms with van der Waals surface area (Å²) in [5.41, 5.74) is 1.83. The Morgan fingerprint density at radius 3 is 2.71 bits per heavy atom. The van der Waals surface area contributed by atoms with E-state index in [-0.39, 0.29) is 11.9 Å². The monoisotopic (exact) mass is 325 g/mol. The van der Waals surface area contributed by atoms with Crippen LogP contribution in [-0.4, -0.2) is 25.8 Å². The van der Waals surface area contributed by atoms with Crippen LogP contribution >= 0.6 is 0 Å². The number of hydrogen-bond acceptors (Lipinski definition) is 5. The Morgan fingerprint density at radius 1 is 1.33 bits per heavy atom. The van der Waals surface area contributed by atoms with Crippen molar-refractivity contribution >= 4 is 5.91 Å². The molecule has 3 rings (SSSR count). The molecule has 0 spiro atoms. The zero-order valence-corrected chi connectivity index (χ0v) is 13.9. The van der Waals surface area contributed by atoms with Gasteiger partial charge in [-0.05, 0) is 13.3 Å². The van der Waals surface area contributed by atoms with Gasteiger partial charge in [-0.15, -0.1) is 0 Å². The molecule has 0 saturated carbocycles. The zero-order valence-electron chi connectivity index (χ0n) is 13.9. The summed E-state index contributed by atoms with van der Waals surface area (Å²) in [6, 6.07) is 9.27. The molecule has 0 bridgehead atoms. The molecule has 24 heavy (non-hydrogen) atoms. The summed E-state index contributed by atoms with van der Waals surface area (Å²) < 4.78 is 6.92. The lowest BCUT2D eigenvalue weighted by Gasteiger charge is -2.16. The smallest absolute Gasteiger partial charge is 0.257 e. The van der Waals surface area contributed by atoms with Crippen LogP contribution in [0.5, 0.6) is 0 Å². The Hall–Kier alpha value is -2.96. The Morgan fingerprint density at radius 2 is 2.08 bits per heavy atom. The fourth-order valence-corrected chi connectivity index (χ4v) is 2.63. The molecule has 0 aliphatic heterocycles. The number of hydrogen-bond donors (Lipinski definition) is 1. The van der Waals surface area contributed by atoms with Crippen molar-refractivity contribution in [3.63, 3.8) is 0 Å². The van der Waals surface area contributed by atoms with Gasteiger partial charge in [0.05, 0.1) is 6.04 Å². The number of carbonyl (C=O) groups excluding carboxylic acids is 1. The van der Waals surface area contributed by atoms with Gasteiger partial charge in [-0.3, -0.25) is 9.48 Å². The molecule has 0 fully saturated rings. The van der Waals surface area contributed by atoms with Crippen molar-refractivity contribution in [2.45, 2.75) is 26.3 Å². The average molecular weight is 325 g/mol. The van der Waals surface area contributed by atoms with E-state index in [0.29, 0.717) is 29.3 Å². The second kappa shape index (κ2) is 6.66. The Kier molecular flexibility index (Phi) is 4.41. The molecule has 2 aromatic heterocycles. The first kappa shape index (κ1) is 15.9. The van der Waals surface area contributed by atoms with Gasteiger partial charge in [0.1, 0.15) is 29.2 Å². The lowest BCUT2D eigenvalue weighted by molar-refractivity contribution is 0.0932. The minimum Gasteiger partial charge on any atom is -0.360 e. The molecule has 1 N–H and O–H groups in total. The topological polar surface area (TPSA) is 85.8 Å². The molecular formula is C17H19N5O2. The highest BCUT2D eigenvalue weighted by Gasteiger charge is 2.25. The normalized spacial score (nSPS) is 12.1. The third-order valence-corrected chi connectivity index (χ3v) is 3.91. The standard InChI is InChI=1S/C17H19N5O2/c1-4-13(16-18-10-19-22(16)3)20-17(23)14-11(2)24-21-15(14)12-8-6-5-7-9-12/h5-10,13H,4H2,1-3H3,(H,20,23)/t13-/m1/s1. The number of rotatable bonds is 5. The fraction of sp³-hybridized carbons (Fsp3) is 0.294. The number of benzene rings is 1. The number of aryl methyl sites for hydroxylation is 2. The highest BCUT2D eigenvalue weighted by atomic mass is 16.5. The lowest BCUT2D eigenvalue weighted by atomic mass is 10.0. The van der Waals surface area contributed by atoms with Gasteiger partial charge in [-0.25, -0.2) is 4.98 Å². The molecule has 0 unspecified atom stereocenters. The molecule has 0 saturated heterocycles. The van der Waals surface area contributed by atoms with Crippen LogP contribution in [0.15, 0.2) is 41.2 Å². The Balaban J connectivity index is 1.91. The van der Waals surface area contributed by atoms with Crippen LogP contribution in [0.25, 0.3) is 11.3 Å². The van der Waals surface area contributed by atoms with Crippen LogP contribution in [0.1, 0.15) is 41.3 Å². The summed E-state index contributed by atoms with van der Waals surface area (Å²) in [6.45, 7) is 3.72. The van der Waals surface area contributed by atoms with E-state index in [9.17, 15) is 4.79 Å². The summed E-state index contributed by atoms with van der Waals surface area (Å²) >= 11 is 0. The maximum atomic E-state index is 12.8. The molecule has 0 aliphatic rings. The van der Waals surface area contributed by atoms with E-state index in [0.717, 1.165) is 5.56 Å². The second-order valence-corrected chi connectivity index (χ2v) is 5.50. The highest BCUT2D eigenvalue weighted by molar-refractivity contribution is 6.00. The largest absolute Gasteiger partial charge is 0.360 e. The summed E-state index contributed by atoms with van der Waals surface area (Å²) in [4.78, 5) is 17.1. The van der Waals surface area contributed by atoms with Gasteiger partial charge >= 0.3 is 0 Å². The Bertz CT molecular complexity index is 838. The molecule has 124 valence electrons. The second-order valence-electron chi connectivity index (χ2n) is 5.50. The first-order valence-corrected chi connectivity index (χ1v) is 7.78. The summed E-state index contributed by atoms with van der Waals surface area (Å²) in [5.74, 6) is 0.961. The number of aromatic nitrogens is 4. The van der Waals surface area contributed by atoms with Crippen LogP contribution in [0.4, 0.5) is 0 Å². The van der Waals surface area contributed by atoms with E-state index in [1.807, 2.05) is 37.3 Å². The predicted octanol–water partition coefficient (Wildman–Crippen LogP) is 2.66. The Labute approximate surface area is 139 Å². The minimum absolute atomic E-state index is 0.233. The van der Waals surface area contributed by atoms with Crippen molar-refractivity contribution in [3.8, 4) is 11.3 Å². The summed E-state index contributed by atoms with van der Waals surface area (Å²) in [7, 11) is 1.80. The predicted molar refractivity (Wildman–Crippen MR) is 88.2 cm³/mol. The van der Waals surface area contributed by atoms with Crippen molar-refractivity contribution in [2.24, 2.45) is 7.05 Å². The quantitative estimate of drug-likeness (QED) is 0.779. The minimum atomic E-state index is -0.234. The van der Waals surface area contributed by atoms with Crippen LogP contribution in [0, 0.1) is 6.92 Å². The molecule has 7 nitrogen and oxygen atoms in total. The molecule has 7 heteroatoms. The third kappa shape index (κ3) is 2.92. The maximum Gasteiger partial charge on any atom is 0.257 e. The first-order valence-electron chi connectivity index (χ1n) is 7.78. The average Bonchev–Trinajstić information content (AvgIpc) is 3.19. The third-order valence-electron chi connectivity index (χ3n) is 3.91. The van der Waals surface area contributed by atoms with Gasteiger partial charge in [0.2, 0.25) is 0 Å². The van der Waals surface area contributed by atoms with Crippen LogP contribution < -0.4 is 5.32 Å². The van der Waals surface area contributed by atoms with Gasteiger partial charge in [-0.2, -0.15) is 5.10 Å². The lowest BCUT2D eigenvalue weighted by Crippen LogP contribution is -2.30. The van der Waals surface area contributed by atoms with E-state index in [1.54, 1.807) is 18.7 Å². The summed E-state index contributed by atoms with van der Waals surface area (Å²) in [6.07, 6.45) is 2.17. The molecule has 2 heterocycles. The first-order chi connectivity index (χ1) is 11.6. The van der Waals surface area contributed by atoms with Gasteiger partial charge < -0.3 is 9.84 Å². The number of amides is 1. The van der Waals surface area contributed by atoms with Crippen LogP contribution in [0.2, 0.25) is 0 Å². The van der Waals surface area contributed by atoms with Crippen molar-refractivity contribution < 1.29 is 9.32 Å². The van der Waals surface area contributed by atoms with Crippen molar-refractivity contribution in [1.82, 2.24) is 25.2 Å². The van der Waals surface area contributed by atoms with Crippen molar-refractivity contribution in [2.75, 3.05) is 0 Å². The molecule has 0 radical (unpaired) electrons.